The maximum Gasteiger partial charge on any atom is 0.389 e. The zero-order valence-corrected chi connectivity index (χ0v) is 17.2. The van der Waals surface area contributed by atoms with Gasteiger partial charge in [-0.05, 0) is 29.8 Å². The molecule has 0 amide bonds. The number of ether oxygens (including phenoxy) is 1. The molecule has 3 heterocycles. The monoisotopic (exact) mass is 444 g/mol. The van der Waals surface area contributed by atoms with Crippen molar-refractivity contribution in [2.75, 3.05) is 7.11 Å². The maximum absolute atomic E-state index is 12.5. The summed E-state index contributed by atoms with van der Waals surface area (Å²) in [6, 6.07) is 6.59. The van der Waals surface area contributed by atoms with Crippen LogP contribution in [0.3, 0.4) is 0 Å². The predicted molar refractivity (Wildman–Crippen MR) is 111 cm³/mol. The second kappa shape index (κ2) is 8.03. The van der Waals surface area contributed by atoms with Crippen molar-refractivity contribution < 1.29 is 27.8 Å². The van der Waals surface area contributed by atoms with E-state index in [9.17, 15) is 23.1 Å². The summed E-state index contributed by atoms with van der Waals surface area (Å²) in [5, 5.41) is 14.6. The zero-order valence-electron chi connectivity index (χ0n) is 17.2. The average Bonchev–Trinajstić information content (AvgIpc) is 3.36. The Morgan fingerprint density at radius 1 is 1.16 bits per heavy atom. The van der Waals surface area contributed by atoms with Crippen molar-refractivity contribution >= 4 is 11.4 Å². The van der Waals surface area contributed by atoms with Crippen molar-refractivity contribution in [2.24, 2.45) is 7.05 Å². The zero-order chi connectivity index (χ0) is 23.0. The van der Waals surface area contributed by atoms with Gasteiger partial charge >= 0.3 is 6.18 Å². The molecule has 0 saturated heterocycles. The van der Waals surface area contributed by atoms with Crippen LogP contribution in [0.15, 0.2) is 49.1 Å². The molecule has 0 radical (unpaired) electrons. The number of carbonyl (C=O) groups excluding carboxylic acids is 1. The number of imidazole rings is 1. The lowest BCUT2D eigenvalue weighted by atomic mass is 10.0. The lowest BCUT2D eigenvalue weighted by molar-refractivity contribution is -0.133. The fourth-order valence-corrected chi connectivity index (χ4v) is 3.51. The molecule has 1 N–H and O–H groups in total. The van der Waals surface area contributed by atoms with E-state index in [1.54, 1.807) is 21.5 Å². The first kappa shape index (κ1) is 21.4. The number of alkyl halides is 3. The minimum atomic E-state index is -4.47. The molecule has 4 rings (SSSR count). The molecule has 1 aromatic carbocycles. The molecule has 10 heteroatoms. The topological polar surface area (TPSA) is 81.7 Å². The number of rotatable bonds is 6. The third-order valence-corrected chi connectivity index (χ3v) is 5.06. The van der Waals surface area contributed by atoms with Crippen LogP contribution in [0.5, 0.6) is 11.5 Å². The van der Waals surface area contributed by atoms with Gasteiger partial charge in [-0.15, -0.1) is 0 Å². The smallest absolute Gasteiger partial charge is 0.389 e. The first-order chi connectivity index (χ1) is 15.2. The van der Waals surface area contributed by atoms with Crippen molar-refractivity contribution in [3.8, 4) is 33.9 Å². The lowest BCUT2D eigenvalue weighted by Gasteiger charge is -2.13. The highest BCUT2D eigenvalue weighted by atomic mass is 19.4. The Balaban J connectivity index is 1.70. The molecule has 7 nitrogen and oxygen atoms in total. The number of halogens is 3. The van der Waals surface area contributed by atoms with Gasteiger partial charge in [-0.3, -0.25) is 13.9 Å². The van der Waals surface area contributed by atoms with Crippen LogP contribution in [0.1, 0.15) is 23.2 Å². The third-order valence-electron chi connectivity index (χ3n) is 5.06. The number of pyridine rings is 1. The second-order valence-electron chi connectivity index (χ2n) is 7.30. The normalized spacial score (nSPS) is 11.8. The molecule has 0 aliphatic heterocycles. The number of hydrogen-bond donors (Lipinski definition) is 1. The van der Waals surface area contributed by atoms with Gasteiger partial charge in [0.15, 0.2) is 5.78 Å². The molecule has 4 aromatic rings. The molecule has 0 unspecified atom stereocenters. The Morgan fingerprint density at radius 2 is 1.94 bits per heavy atom. The first-order valence-electron chi connectivity index (χ1n) is 9.64. The van der Waals surface area contributed by atoms with Gasteiger partial charge in [-0.1, -0.05) is 0 Å². The SMILES string of the molecule is COc1cc(-c2cnc3cc(-c4cnn(C)c4)ccn23)cc(O)c1C(=O)CCC(F)(F)F. The number of hydrogen-bond acceptors (Lipinski definition) is 5. The largest absolute Gasteiger partial charge is 0.507 e. The Bertz CT molecular complexity index is 1310. The van der Waals surface area contributed by atoms with Crippen LogP contribution >= 0.6 is 0 Å². The van der Waals surface area contributed by atoms with Crippen molar-refractivity contribution in [3.05, 3.63) is 54.6 Å². The van der Waals surface area contributed by atoms with Crippen LogP contribution in [0.2, 0.25) is 0 Å². The predicted octanol–water partition coefficient (Wildman–Crippen LogP) is 4.64. The Kier molecular flexibility index (Phi) is 5.37. The third kappa shape index (κ3) is 4.16. The molecule has 0 aliphatic carbocycles. The number of fused-ring (bicyclic) bond motifs is 1. The van der Waals surface area contributed by atoms with Crippen molar-refractivity contribution in [2.45, 2.75) is 19.0 Å². The Morgan fingerprint density at radius 3 is 2.59 bits per heavy atom. The Hall–Kier alpha value is -3.82. The van der Waals surface area contributed by atoms with Crippen LogP contribution in [0.4, 0.5) is 13.2 Å². The van der Waals surface area contributed by atoms with Crippen LogP contribution in [0.25, 0.3) is 28.0 Å². The number of carbonyl (C=O) groups is 1. The number of Topliss-reactive ketones (excluding diaryl/α,β-unsaturated/α-hetero) is 1. The van der Waals surface area contributed by atoms with E-state index in [1.807, 2.05) is 31.6 Å². The van der Waals surface area contributed by atoms with Crippen LogP contribution in [-0.4, -0.2) is 43.3 Å². The number of aryl methyl sites for hydroxylation is 1. The van der Waals surface area contributed by atoms with Gasteiger partial charge in [-0.2, -0.15) is 18.3 Å². The number of ketones is 1. The first-order valence-corrected chi connectivity index (χ1v) is 9.64. The molecular weight excluding hydrogens is 425 g/mol. The van der Waals surface area contributed by atoms with Gasteiger partial charge in [0.05, 0.1) is 31.6 Å². The second-order valence-corrected chi connectivity index (χ2v) is 7.30. The number of benzene rings is 1. The Labute approximate surface area is 180 Å². The average molecular weight is 444 g/mol. The van der Waals surface area contributed by atoms with Crippen molar-refractivity contribution in [1.29, 1.82) is 0 Å². The van der Waals surface area contributed by atoms with Gasteiger partial charge in [0.25, 0.3) is 0 Å². The molecule has 32 heavy (non-hydrogen) atoms. The highest BCUT2D eigenvalue weighted by Gasteiger charge is 2.30. The minimum Gasteiger partial charge on any atom is -0.507 e. The number of aromatic nitrogens is 4. The van der Waals surface area contributed by atoms with Gasteiger partial charge in [-0.25, -0.2) is 4.98 Å². The summed E-state index contributed by atoms with van der Waals surface area (Å²) in [6.45, 7) is 0. The lowest BCUT2D eigenvalue weighted by Crippen LogP contribution is -2.12. The molecule has 166 valence electrons. The van der Waals surface area contributed by atoms with E-state index in [0.29, 0.717) is 16.9 Å². The van der Waals surface area contributed by atoms with Crippen LogP contribution in [0, 0.1) is 0 Å². The summed E-state index contributed by atoms with van der Waals surface area (Å²) in [4.78, 5) is 16.7. The van der Waals surface area contributed by atoms with E-state index in [4.69, 9.17) is 4.74 Å². The molecule has 0 aliphatic rings. The van der Waals surface area contributed by atoms with E-state index in [1.165, 1.54) is 19.2 Å². The van der Waals surface area contributed by atoms with E-state index < -0.39 is 30.6 Å². The van der Waals surface area contributed by atoms with Crippen molar-refractivity contribution in [3.63, 3.8) is 0 Å². The quantitative estimate of drug-likeness (QED) is 0.438. The summed E-state index contributed by atoms with van der Waals surface area (Å²) >= 11 is 0. The van der Waals surface area contributed by atoms with Gasteiger partial charge in [0.2, 0.25) is 0 Å². The van der Waals surface area contributed by atoms with Crippen LogP contribution in [-0.2, 0) is 7.05 Å². The number of methoxy groups -OCH3 is 1. The molecule has 0 spiro atoms. The van der Waals surface area contributed by atoms with Gasteiger partial charge < -0.3 is 9.84 Å². The summed E-state index contributed by atoms with van der Waals surface area (Å²) < 4.78 is 46.2. The molecule has 0 bridgehead atoms. The molecule has 0 atom stereocenters. The van der Waals surface area contributed by atoms with E-state index in [0.717, 1.165) is 11.1 Å². The van der Waals surface area contributed by atoms with Crippen molar-refractivity contribution in [1.82, 2.24) is 19.2 Å². The molecular formula is C22H19F3N4O3. The molecule has 3 aromatic heterocycles. The number of nitrogens with zero attached hydrogens (tertiary/aromatic N) is 4. The van der Waals surface area contributed by atoms with E-state index in [-0.39, 0.29) is 11.3 Å². The minimum absolute atomic E-state index is 0.00546. The summed E-state index contributed by atoms with van der Waals surface area (Å²) in [7, 11) is 3.11. The highest BCUT2D eigenvalue weighted by Crippen LogP contribution is 2.36. The van der Waals surface area contributed by atoms with Gasteiger partial charge in [0, 0.05) is 37.0 Å². The summed E-state index contributed by atoms with van der Waals surface area (Å²) in [5.74, 6) is -1.30. The van der Waals surface area contributed by atoms with E-state index in [2.05, 4.69) is 10.1 Å². The maximum atomic E-state index is 12.5. The van der Waals surface area contributed by atoms with E-state index >= 15 is 0 Å². The summed E-state index contributed by atoms with van der Waals surface area (Å²) in [5.41, 5.74) is 3.33. The molecule has 0 fully saturated rings. The fraction of sp³-hybridized carbons (Fsp3) is 0.227. The number of aromatic hydroxyl groups is 1. The van der Waals surface area contributed by atoms with Gasteiger partial charge in [0.1, 0.15) is 22.7 Å². The summed E-state index contributed by atoms with van der Waals surface area (Å²) in [6.07, 6.45) is 0.514. The number of phenols is 1. The fourth-order valence-electron chi connectivity index (χ4n) is 3.51. The highest BCUT2D eigenvalue weighted by molar-refractivity contribution is 6.02. The standard InChI is InChI=1S/C22H19F3N4O3/c1-28-12-15(10-27-28)13-4-6-29-16(11-26-20(29)9-13)14-7-18(31)21(19(8-14)32-2)17(30)3-5-22(23,24)25/h4,6-12,31H,3,5H2,1-2H3. The molecule has 0 saturated carbocycles. The number of phenolic OH excluding ortho intramolecular Hbond substituents is 1. The van der Waals surface area contributed by atoms with Crippen LogP contribution < -0.4 is 4.74 Å².